The number of hydrogen-bond acceptors (Lipinski definition) is 2. The van der Waals surface area contributed by atoms with E-state index < -0.39 is 0 Å². The standard InChI is InChI=1S/C16H18ClN3S/c17-14-6-4-13(5-7-14)8-11-19-16(21)20-12-9-15-3-1-2-10-18-15/h1-7,10H,8-9,11-12H2,(H2,19,20,21). The van der Waals surface area contributed by atoms with Gasteiger partial charge >= 0.3 is 0 Å². The van der Waals surface area contributed by atoms with Crippen molar-refractivity contribution in [3.8, 4) is 0 Å². The number of pyridine rings is 1. The first-order valence-corrected chi connectivity index (χ1v) is 7.69. The van der Waals surface area contributed by atoms with Crippen molar-refractivity contribution in [3.63, 3.8) is 0 Å². The molecule has 0 aliphatic heterocycles. The SMILES string of the molecule is S=C(NCCc1ccc(Cl)cc1)NCCc1ccccn1. The smallest absolute Gasteiger partial charge is 0.166 e. The van der Waals surface area contributed by atoms with Crippen LogP contribution in [0.3, 0.4) is 0 Å². The van der Waals surface area contributed by atoms with E-state index in [0.29, 0.717) is 5.11 Å². The van der Waals surface area contributed by atoms with Crippen LogP contribution >= 0.6 is 23.8 Å². The number of nitrogens with one attached hydrogen (secondary N) is 2. The third-order valence-corrected chi connectivity index (χ3v) is 3.55. The average molecular weight is 320 g/mol. The molecule has 2 aromatic rings. The summed E-state index contributed by atoms with van der Waals surface area (Å²) >= 11 is 11.1. The van der Waals surface area contributed by atoms with Gasteiger partial charge in [-0.25, -0.2) is 0 Å². The molecule has 0 atom stereocenters. The highest BCUT2D eigenvalue weighted by Crippen LogP contribution is 2.09. The zero-order chi connectivity index (χ0) is 14.9. The van der Waals surface area contributed by atoms with Crippen LogP contribution in [0.15, 0.2) is 48.7 Å². The van der Waals surface area contributed by atoms with Crippen molar-refractivity contribution < 1.29 is 0 Å². The number of thiocarbonyl (C=S) groups is 1. The maximum absolute atomic E-state index is 5.85. The molecule has 1 aromatic carbocycles. The van der Waals surface area contributed by atoms with E-state index in [-0.39, 0.29) is 0 Å². The second-order valence-corrected chi connectivity index (χ2v) is 5.47. The molecule has 0 saturated carbocycles. The number of nitrogens with zero attached hydrogens (tertiary/aromatic N) is 1. The quantitative estimate of drug-likeness (QED) is 0.803. The van der Waals surface area contributed by atoms with Crippen molar-refractivity contribution in [2.45, 2.75) is 12.8 Å². The summed E-state index contributed by atoms with van der Waals surface area (Å²) in [6.07, 6.45) is 3.58. The van der Waals surface area contributed by atoms with Crippen LogP contribution in [0.25, 0.3) is 0 Å². The predicted octanol–water partition coefficient (Wildman–Crippen LogP) is 2.98. The van der Waals surface area contributed by atoms with Gasteiger partial charge in [-0.15, -0.1) is 0 Å². The van der Waals surface area contributed by atoms with Crippen LogP contribution in [0.2, 0.25) is 5.02 Å². The molecule has 0 unspecified atom stereocenters. The monoisotopic (exact) mass is 319 g/mol. The molecule has 3 nitrogen and oxygen atoms in total. The number of hydrogen-bond donors (Lipinski definition) is 2. The van der Waals surface area contributed by atoms with E-state index in [4.69, 9.17) is 23.8 Å². The van der Waals surface area contributed by atoms with E-state index in [1.165, 1.54) is 5.56 Å². The Labute approximate surface area is 135 Å². The Morgan fingerprint density at radius 1 is 1.00 bits per heavy atom. The van der Waals surface area contributed by atoms with Gasteiger partial charge < -0.3 is 10.6 Å². The van der Waals surface area contributed by atoms with Gasteiger partial charge in [-0.2, -0.15) is 0 Å². The van der Waals surface area contributed by atoms with Crippen LogP contribution in [-0.4, -0.2) is 23.2 Å². The fourth-order valence-corrected chi connectivity index (χ4v) is 2.21. The fourth-order valence-electron chi connectivity index (χ4n) is 1.88. The summed E-state index contributed by atoms with van der Waals surface area (Å²) in [4.78, 5) is 4.27. The van der Waals surface area contributed by atoms with Crippen molar-refractivity contribution in [2.24, 2.45) is 0 Å². The van der Waals surface area contributed by atoms with Crippen LogP contribution in [0, 0.1) is 0 Å². The summed E-state index contributed by atoms with van der Waals surface area (Å²) in [6, 6.07) is 13.8. The number of benzene rings is 1. The van der Waals surface area contributed by atoms with E-state index in [2.05, 4.69) is 15.6 Å². The van der Waals surface area contributed by atoms with Crippen molar-refractivity contribution in [3.05, 3.63) is 64.9 Å². The van der Waals surface area contributed by atoms with E-state index in [0.717, 1.165) is 36.6 Å². The lowest BCUT2D eigenvalue weighted by atomic mass is 10.1. The molecule has 1 aromatic heterocycles. The second-order valence-electron chi connectivity index (χ2n) is 4.63. The minimum Gasteiger partial charge on any atom is -0.362 e. The molecule has 1 heterocycles. The maximum Gasteiger partial charge on any atom is 0.166 e. The second kappa shape index (κ2) is 8.60. The van der Waals surface area contributed by atoms with Gasteiger partial charge in [-0.05, 0) is 48.5 Å². The predicted molar refractivity (Wildman–Crippen MR) is 91.7 cm³/mol. The highest BCUT2D eigenvalue weighted by atomic mass is 35.5. The average Bonchev–Trinajstić information content (AvgIpc) is 2.50. The lowest BCUT2D eigenvalue weighted by Crippen LogP contribution is -2.37. The van der Waals surface area contributed by atoms with Crippen LogP contribution in [0.1, 0.15) is 11.3 Å². The Morgan fingerprint density at radius 2 is 1.71 bits per heavy atom. The first kappa shape index (κ1) is 15.7. The summed E-state index contributed by atoms with van der Waals surface area (Å²) in [7, 11) is 0. The molecule has 0 aliphatic rings. The summed E-state index contributed by atoms with van der Waals surface area (Å²) in [6.45, 7) is 1.58. The normalized spacial score (nSPS) is 10.1. The first-order valence-electron chi connectivity index (χ1n) is 6.90. The molecule has 110 valence electrons. The lowest BCUT2D eigenvalue weighted by molar-refractivity contribution is 0.793. The molecule has 0 fully saturated rings. The number of rotatable bonds is 6. The Balaban J connectivity index is 1.60. The summed E-state index contributed by atoms with van der Waals surface area (Å²) in [5, 5.41) is 7.83. The van der Waals surface area contributed by atoms with E-state index in [1.807, 2.05) is 42.5 Å². The summed E-state index contributed by atoms with van der Waals surface area (Å²) < 4.78 is 0. The van der Waals surface area contributed by atoms with Crippen LogP contribution in [-0.2, 0) is 12.8 Å². The molecular weight excluding hydrogens is 302 g/mol. The molecule has 5 heteroatoms. The zero-order valence-corrected chi connectivity index (χ0v) is 13.3. The third-order valence-electron chi connectivity index (χ3n) is 3.01. The molecule has 2 rings (SSSR count). The van der Waals surface area contributed by atoms with Gasteiger partial charge in [0, 0.05) is 36.4 Å². The molecule has 21 heavy (non-hydrogen) atoms. The van der Waals surface area contributed by atoms with Gasteiger partial charge in [0.2, 0.25) is 0 Å². The van der Waals surface area contributed by atoms with Crippen molar-refractivity contribution >= 4 is 28.9 Å². The van der Waals surface area contributed by atoms with Crippen LogP contribution in [0.4, 0.5) is 0 Å². The van der Waals surface area contributed by atoms with Gasteiger partial charge in [0.1, 0.15) is 0 Å². The lowest BCUT2D eigenvalue weighted by Gasteiger charge is -2.10. The van der Waals surface area contributed by atoms with E-state index in [9.17, 15) is 0 Å². The zero-order valence-electron chi connectivity index (χ0n) is 11.7. The summed E-state index contributed by atoms with van der Waals surface area (Å²) in [5.74, 6) is 0. The third kappa shape index (κ3) is 6.10. The highest BCUT2D eigenvalue weighted by Gasteiger charge is 1.98. The van der Waals surface area contributed by atoms with Gasteiger partial charge in [0.05, 0.1) is 0 Å². The Morgan fingerprint density at radius 3 is 2.38 bits per heavy atom. The molecule has 0 aliphatic carbocycles. The topological polar surface area (TPSA) is 37.0 Å². The minimum absolute atomic E-state index is 0.680. The van der Waals surface area contributed by atoms with Gasteiger partial charge in [0.15, 0.2) is 5.11 Å². The highest BCUT2D eigenvalue weighted by molar-refractivity contribution is 7.80. The van der Waals surface area contributed by atoms with Crippen molar-refractivity contribution in [2.75, 3.05) is 13.1 Å². The van der Waals surface area contributed by atoms with Crippen LogP contribution < -0.4 is 10.6 Å². The molecule has 0 radical (unpaired) electrons. The van der Waals surface area contributed by atoms with Gasteiger partial charge in [-0.1, -0.05) is 29.8 Å². The number of halogens is 1. The maximum atomic E-state index is 5.85. The molecule has 0 amide bonds. The van der Waals surface area contributed by atoms with Gasteiger partial charge in [0.25, 0.3) is 0 Å². The first-order chi connectivity index (χ1) is 10.2. The Kier molecular flexibility index (Phi) is 6.44. The van der Waals surface area contributed by atoms with Crippen molar-refractivity contribution in [1.29, 1.82) is 0 Å². The molecule has 2 N–H and O–H groups in total. The largest absolute Gasteiger partial charge is 0.362 e. The van der Waals surface area contributed by atoms with Gasteiger partial charge in [-0.3, -0.25) is 4.98 Å². The molecule has 0 saturated heterocycles. The summed E-state index contributed by atoms with van der Waals surface area (Å²) in [5.41, 5.74) is 2.30. The molecular formula is C16H18ClN3S. The van der Waals surface area contributed by atoms with E-state index >= 15 is 0 Å². The number of aromatic nitrogens is 1. The van der Waals surface area contributed by atoms with Crippen LogP contribution in [0.5, 0.6) is 0 Å². The Bertz CT molecular complexity index is 557. The molecule has 0 bridgehead atoms. The van der Waals surface area contributed by atoms with E-state index in [1.54, 1.807) is 6.20 Å². The fraction of sp³-hybridized carbons (Fsp3) is 0.250. The van der Waals surface area contributed by atoms with Crippen molar-refractivity contribution in [1.82, 2.24) is 15.6 Å². The Hall–Kier alpha value is -1.65. The minimum atomic E-state index is 0.680. The molecule has 0 spiro atoms.